The summed E-state index contributed by atoms with van der Waals surface area (Å²) in [6, 6.07) is 11.7. The summed E-state index contributed by atoms with van der Waals surface area (Å²) in [7, 11) is 0. The topological polar surface area (TPSA) is 58.1 Å². The molecule has 7 heteroatoms. The highest BCUT2D eigenvalue weighted by molar-refractivity contribution is 5.68. The lowest BCUT2D eigenvalue weighted by molar-refractivity contribution is -0.137. The molecule has 26 heavy (non-hydrogen) atoms. The number of furan rings is 1. The van der Waals surface area contributed by atoms with Crippen LogP contribution in [0.2, 0.25) is 0 Å². The van der Waals surface area contributed by atoms with Gasteiger partial charge in [0.25, 0.3) is 0 Å². The third kappa shape index (κ3) is 3.77. The summed E-state index contributed by atoms with van der Waals surface area (Å²) < 4.78 is 43.5. The predicted molar refractivity (Wildman–Crippen MR) is 90.9 cm³/mol. The molecule has 3 rings (SSSR count). The maximum Gasteiger partial charge on any atom is 0.416 e. The molecule has 0 saturated carbocycles. The molecule has 1 N–H and O–H groups in total. The third-order valence-electron chi connectivity index (χ3n) is 3.79. The lowest BCUT2D eigenvalue weighted by Gasteiger charge is -2.05. The second kappa shape index (κ2) is 6.67. The highest BCUT2D eigenvalue weighted by Gasteiger charge is 2.30. The first-order chi connectivity index (χ1) is 12.2. The molecule has 0 unspecified atom stereocenters. The number of halogens is 3. The maximum atomic E-state index is 12.7. The van der Waals surface area contributed by atoms with Gasteiger partial charge in [0.1, 0.15) is 5.76 Å². The second-order valence-electron chi connectivity index (χ2n) is 5.87. The van der Waals surface area contributed by atoms with Crippen LogP contribution in [0.25, 0.3) is 11.3 Å². The van der Waals surface area contributed by atoms with Crippen LogP contribution in [0.4, 0.5) is 24.5 Å². The number of alkyl halides is 3. The Hall–Kier alpha value is -3.09. The summed E-state index contributed by atoms with van der Waals surface area (Å²) in [5, 5.41) is 17.5. The van der Waals surface area contributed by atoms with Crippen LogP contribution in [-0.4, -0.2) is 5.11 Å². The van der Waals surface area contributed by atoms with E-state index in [1.165, 1.54) is 18.2 Å². The molecular formula is C19H15F3N2O2. The van der Waals surface area contributed by atoms with Crippen LogP contribution in [-0.2, 0) is 6.18 Å². The van der Waals surface area contributed by atoms with Gasteiger partial charge in [-0.2, -0.15) is 18.3 Å². The zero-order valence-corrected chi connectivity index (χ0v) is 14.0. The molecule has 0 saturated heterocycles. The number of nitrogens with zero attached hydrogens (tertiary/aromatic N) is 2. The minimum absolute atomic E-state index is 0.0218. The van der Waals surface area contributed by atoms with Crippen molar-refractivity contribution >= 4 is 11.4 Å². The van der Waals surface area contributed by atoms with E-state index in [1.54, 1.807) is 0 Å². The van der Waals surface area contributed by atoms with Crippen LogP contribution in [0.1, 0.15) is 16.7 Å². The van der Waals surface area contributed by atoms with Crippen LogP contribution < -0.4 is 0 Å². The fraction of sp³-hybridized carbons (Fsp3) is 0.158. The third-order valence-corrected chi connectivity index (χ3v) is 3.79. The molecular weight excluding hydrogens is 345 g/mol. The molecule has 4 nitrogen and oxygen atoms in total. The van der Waals surface area contributed by atoms with E-state index in [-0.39, 0.29) is 11.4 Å². The molecule has 0 spiro atoms. The van der Waals surface area contributed by atoms with Crippen molar-refractivity contribution in [2.45, 2.75) is 20.0 Å². The Morgan fingerprint density at radius 1 is 0.962 bits per heavy atom. The molecule has 134 valence electrons. The minimum atomic E-state index is -4.46. The van der Waals surface area contributed by atoms with Gasteiger partial charge in [-0.1, -0.05) is 29.8 Å². The van der Waals surface area contributed by atoms with E-state index in [0.29, 0.717) is 5.76 Å². The number of azo groups is 1. The molecule has 3 aromatic rings. The number of rotatable bonds is 3. The number of benzene rings is 2. The van der Waals surface area contributed by atoms with Gasteiger partial charge in [-0.25, -0.2) is 0 Å². The first-order valence-electron chi connectivity index (χ1n) is 7.73. The molecule has 0 aliphatic carbocycles. The molecule has 2 aromatic carbocycles. The summed E-state index contributed by atoms with van der Waals surface area (Å²) in [4.78, 5) is 0. The van der Waals surface area contributed by atoms with Gasteiger partial charge < -0.3 is 9.52 Å². The van der Waals surface area contributed by atoms with Crippen LogP contribution in [0.5, 0.6) is 5.95 Å². The minimum Gasteiger partial charge on any atom is -0.479 e. The van der Waals surface area contributed by atoms with Crippen molar-refractivity contribution in [3.63, 3.8) is 0 Å². The molecule has 0 bridgehead atoms. The Balaban J connectivity index is 1.90. The highest BCUT2D eigenvalue weighted by atomic mass is 19.4. The molecule has 1 aromatic heterocycles. The fourth-order valence-corrected chi connectivity index (χ4v) is 2.52. The van der Waals surface area contributed by atoms with Crippen molar-refractivity contribution in [2.24, 2.45) is 10.2 Å². The van der Waals surface area contributed by atoms with Crippen molar-refractivity contribution < 1.29 is 22.7 Å². The Labute approximate surface area is 147 Å². The zero-order valence-electron chi connectivity index (χ0n) is 14.0. The first-order valence-corrected chi connectivity index (χ1v) is 7.73. The van der Waals surface area contributed by atoms with Gasteiger partial charge >= 0.3 is 12.1 Å². The summed E-state index contributed by atoms with van der Waals surface area (Å²) in [6.07, 6.45) is -4.46. The van der Waals surface area contributed by atoms with E-state index in [0.717, 1.165) is 28.8 Å². The van der Waals surface area contributed by atoms with Crippen LogP contribution in [0.15, 0.2) is 63.2 Å². The van der Waals surface area contributed by atoms with Crippen molar-refractivity contribution in [2.75, 3.05) is 0 Å². The molecule has 0 fully saturated rings. The standard InChI is InChI=1S/C19H15F3N2O2/c1-11-6-7-15(12(2)8-11)17-10-16(18(25)26-17)24-23-14-5-3-4-13(9-14)19(20,21)22/h3-10,25H,1-2H3. The Morgan fingerprint density at radius 2 is 1.73 bits per heavy atom. The predicted octanol–water partition coefficient (Wildman–Crippen LogP) is 6.70. The van der Waals surface area contributed by atoms with Gasteiger partial charge in [-0.05, 0) is 37.6 Å². The van der Waals surface area contributed by atoms with E-state index in [1.807, 2.05) is 32.0 Å². The normalized spacial score (nSPS) is 12.0. The van der Waals surface area contributed by atoms with Gasteiger partial charge in [-0.3, -0.25) is 0 Å². The van der Waals surface area contributed by atoms with Crippen molar-refractivity contribution in [3.8, 4) is 17.3 Å². The van der Waals surface area contributed by atoms with Gasteiger partial charge in [-0.15, -0.1) is 5.11 Å². The molecule has 0 aliphatic rings. The average Bonchev–Trinajstić information content (AvgIpc) is 2.93. The van der Waals surface area contributed by atoms with E-state index >= 15 is 0 Å². The number of aryl methyl sites for hydroxylation is 2. The fourth-order valence-electron chi connectivity index (χ4n) is 2.52. The number of hydrogen-bond acceptors (Lipinski definition) is 4. The van der Waals surface area contributed by atoms with Crippen LogP contribution in [0.3, 0.4) is 0 Å². The second-order valence-corrected chi connectivity index (χ2v) is 5.87. The monoisotopic (exact) mass is 360 g/mol. The largest absolute Gasteiger partial charge is 0.479 e. The van der Waals surface area contributed by atoms with Gasteiger partial charge in [0.15, 0.2) is 5.69 Å². The quantitative estimate of drug-likeness (QED) is 0.528. The molecule has 0 atom stereocenters. The Kier molecular flexibility index (Phi) is 4.54. The highest BCUT2D eigenvalue weighted by Crippen LogP contribution is 2.38. The molecule has 0 radical (unpaired) electrons. The Bertz CT molecular complexity index is 975. The van der Waals surface area contributed by atoms with Crippen molar-refractivity contribution in [3.05, 3.63) is 65.2 Å². The lowest BCUT2D eigenvalue weighted by atomic mass is 10.0. The summed E-state index contributed by atoms with van der Waals surface area (Å²) in [6.45, 7) is 3.87. The maximum absolute atomic E-state index is 12.7. The van der Waals surface area contributed by atoms with Gasteiger partial charge in [0, 0.05) is 11.6 Å². The first kappa shape index (κ1) is 17.7. The summed E-state index contributed by atoms with van der Waals surface area (Å²) >= 11 is 0. The smallest absolute Gasteiger partial charge is 0.416 e. The molecule has 0 aliphatic heterocycles. The van der Waals surface area contributed by atoms with E-state index in [4.69, 9.17) is 4.42 Å². The Morgan fingerprint density at radius 3 is 2.42 bits per heavy atom. The van der Waals surface area contributed by atoms with Gasteiger partial charge in [0.05, 0.1) is 11.3 Å². The van der Waals surface area contributed by atoms with Crippen molar-refractivity contribution in [1.82, 2.24) is 0 Å². The number of aromatic hydroxyl groups is 1. The summed E-state index contributed by atoms with van der Waals surface area (Å²) in [5.74, 6) is -0.0475. The van der Waals surface area contributed by atoms with Crippen LogP contribution >= 0.6 is 0 Å². The zero-order chi connectivity index (χ0) is 18.9. The van der Waals surface area contributed by atoms with Crippen molar-refractivity contribution in [1.29, 1.82) is 0 Å². The lowest BCUT2D eigenvalue weighted by Crippen LogP contribution is -2.03. The molecule has 1 heterocycles. The van der Waals surface area contributed by atoms with Gasteiger partial charge in [0.2, 0.25) is 0 Å². The summed E-state index contributed by atoms with van der Waals surface area (Å²) in [5.41, 5.74) is 2.07. The van der Waals surface area contributed by atoms with Crippen LogP contribution in [0, 0.1) is 13.8 Å². The van der Waals surface area contributed by atoms with E-state index in [9.17, 15) is 18.3 Å². The van der Waals surface area contributed by atoms with E-state index in [2.05, 4.69) is 10.2 Å². The van der Waals surface area contributed by atoms with E-state index < -0.39 is 17.7 Å². The number of hydrogen-bond donors (Lipinski definition) is 1. The molecule has 0 amide bonds. The SMILES string of the molecule is Cc1ccc(-c2cc(N=Nc3cccc(C(F)(F)F)c3)c(O)o2)c(C)c1. The average molecular weight is 360 g/mol.